The van der Waals surface area contributed by atoms with Gasteiger partial charge in [0.25, 0.3) is 0 Å². The number of ether oxygens (including phenoxy) is 1. The molecule has 7 heteroatoms. The summed E-state index contributed by atoms with van der Waals surface area (Å²) >= 11 is 0. The molecule has 6 nitrogen and oxygen atoms in total. The lowest BCUT2D eigenvalue weighted by Crippen LogP contribution is -2.43. The summed E-state index contributed by atoms with van der Waals surface area (Å²) in [5, 5.41) is 3.19. The summed E-state index contributed by atoms with van der Waals surface area (Å²) in [6, 6.07) is 6.47. The molecule has 1 N–H and O–H groups in total. The molecule has 0 saturated heterocycles. The quantitative estimate of drug-likeness (QED) is 0.654. The third-order valence-electron chi connectivity index (χ3n) is 3.32. The average Bonchev–Trinajstić information content (AvgIpc) is 2.49. The largest absolute Gasteiger partial charge is 0.444 e. The Hall–Kier alpha value is -2.31. The lowest BCUT2D eigenvalue weighted by Gasteiger charge is -2.26. The van der Waals surface area contributed by atoms with Gasteiger partial charge in [0.05, 0.1) is 0 Å². The Morgan fingerprint density at radius 3 is 2.52 bits per heavy atom. The van der Waals surface area contributed by atoms with Crippen molar-refractivity contribution in [3.8, 4) is 0 Å². The molecular weight excluding hydrogens is 323 g/mol. The highest BCUT2D eigenvalue weighted by molar-refractivity contribution is 5.79. The number of halogens is 1. The third-order valence-corrected chi connectivity index (χ3v) is 3.32. The second kappa shape index (κ2) is 9.25. The Kier molecular flexibility index (Phi) is 7.67. The number of carbonyl (C=O) groups is 1. The molecule has 140 valence electrons. The van der Waals surface area contributed by atoms with Gasteiger partial charge in [-0.25, -0.2) is 9.18 Å². The molecule has 0 aliphatic heterocycles. The molecule has 0 bridgehead atoms. The summed E-state index contributed by atoms with van der Waals surface area (Å²) in [6.07, 6.45) is -0.364. The van der Waals surface area contributed by atoms with Crippen LogP contribution in [0.3, 0.4) is 0 Å². The second-order valence-electron chi connectivity index (χ2n) is 6.86. The van der Waals surface area contributed by atoms with E-state index in [1.54, 1.807) is 20.2 Å². The highest BCUT2D eigenvalue weighted by Crippen LogP contribution is 2.09. The number of hydrogen-bond donors (Lipinski definition) is 1. The van der Waals surface area contributed by atoms with E-state index < -0.39 is 5.60 Å². The zero-order valence-electron chi connectivity index (χ0n) is 16.0. The van der Waals surface area contributed by atoms with Gasteiger partial charge in [0, 0.05) is 40.8 Å². The fourth-order valence-electron chi connectivity index (χ4n) is 2.14. The minimum Gasteiger partial charge on any atom is -0.444 e. The van der Waals surface area contributed by atoms with Crippen LogP contribution in [0.4, 0.5) is 9.18 Å². The number of carbonyl (C=O) groups excluding carboxylic acids is 1. The Labute approximate surface area is 149 Å². The van der Waals surface area contributed by atoms with Crippen molar-refractivity contribution in [2.75, 3.05) is 34.2 Å². The SMILES string of the molecule is CN=C(NCCN(C)C(=O)OC(C)(C)C)N(C)Cc1cccc(F)c1. The number of nitrogens with zero attached hydrogens (tertiary/aromatic N) is 3. The van der Waals surface area contributed by atoms with Gasteiger partial charge < -0.3 is 19.9 Å². The molecule has 1 rings (SSSR count). The lowest BCUT2D eigenvalue weighted by atomic mass is 10.2. The van der Waals surface area contributed by atoms with Crippen molar-refractivity contribution in [2.45, 2.75) is 32.9 Å². The molecule has 0 heterocycles. The van der Waals surface area contributed by atoms with Gasteiger partial charge in [0.2, 0.25) is 0 Å². The molecule has 1 aromatic rings. The van der Waals surface area contributed by atoms with Gasteiger partial charge in [-0.05, 0) is 38.5 Å². The lowest BCUT2D eigenvalue weighted by molar-refractivity contribution is 0.0302. The molecule has 0 saturated carbocycles. The van der Waals surface area contributed by atoms with Gasteiger partial charge in [-0.1, -0.05) is 12.1 Å². The van der Waals surface area contributed by atoms with Gasteiger partial charge in [-0.2, -0.15) is 0 Å². The van der Waals surface area contributed by atoms with Crippen LogP contribution in [-0.4, -0.2) is 61.7 Å². The molecule has 0 unspecified atom stereocenters. The van der Waals surface area contributed by atoms with Crippen LogP contribution in [0.1, 0.15) is 26.3 Å². The Morgan fingerprint density at radius 2 is 1.96 bits per heavy atom. The first-order valence-corrected chi connectivity index (χ1v) is 8.22. The maximum absolute atomic E-state index is 13.3. The fraction of sp³-hybridized carbons (Fsp3) is 0.556. The maximum atomic E-state index is 13.3. The van der Waals surface area contributed by atoms with Crippen molar-refractivity contribution in [3.63, 3.8) is 0 Å². The zero-order valence-corrected chi connectivity index (χ0v) is 16.0. The van der Waals surface area contributed by atoms with Crippen LogP contribution in [0.5, 0.6) is 0 Å². The van der Waals surface area contributed by atoms with Crippen LogP contribution in [0.2, 0.25) is 0 Å². The molecule has 25 heavy (non-hydrogen) atoms. The summed E-state index contributed by atoms with van der Waals surface area (Å²) in [7, 11) is 5.24. The van der Waals surface area contributed by atoms with Gasteiger partial charge in [0.1, 0.15) is 11.4 Å². The van der Waals surface area contributed by atoms with E-state index in [0.29, 0.717) is 25.6 Å². The van der Waals surface area contributed by atoms with Crippen LogP contribution in [0, 0.1) is 5.82 Å². The van der Waals surface area contributed by atoms with E-state index in [2.05, 4.69) is 10.3 Å². The molecule has 0 aliphatic rings. The summed E-state index contributed by atoms with van der Waals surface area (Å²) in [5.41, 5.74) is 0.344. The summed E-state index contributed by atoms with van der Waals surface area (Å²) in [5.74, 6) is 0.412. The molecule has 1 aromatic carbocycles. The van der Waals surface area contributed by atoms with Crippen molar-refractivity contribution in [2.24, 2.45) is 4.99 Å². The van der Waals surface area contributed by atoms with Crippen LogP contribution >= 0.6 is 0 Å². The van der Waals surface area contributed by atoms with Crippen molar-refractivity contribution < 1.29 is 13.9 Å². The number of nitrogens with one attached hydrogen (secondary N) is 1. The van der Waals surface area contributed by atoms with Crippen molar-refractivity contribution >= 4 is 12.1 Å². The van der Waals surface area contributed by atoms with E-state index >= 15 is 0 Å². The van der Waals surface area contributed by atoms with Crippen molar-refractivity contribution in [1.82, 2.24) is 15.1 Å². The topological polar surface area (TPSA) is 57.2 Å². The minimum absolute atomic E-state index is 0.257. The maximum Gasteiger partial charge on any atom is 0.410 e. The van der Waals surface area contributed by atoms with Gasteiger partial charge >= 0.3 is 6.09 Å². The smallest absolute Gasteiger partial charge is 0.410 e. The molecule has 0 aliphatic carbocycles. The second-order valence-corrected chi connectivity index (χ2v) is 6.86. The first-order valence-electron chi connectivity index (χ1n) is 8.22. The third kappa shape index (κ3) is 7.87. The van der Waals surface area contributed by atoms with Crippen molar-refractivity contribution in [1.29, 1.82) is 0 Å². The number of rotatable bonds is 5. The zero-order chi connectivity index (χ0) is 19.0. The fourth-order valence-corrected chi connectivity index (χ4v) is 2.14. The molecule has 1 amide bonds. The number of likely N-dealkylation sites (N-methyl/N-ethyl adjacent to an activating group) is 1. The van der Waals surface area contributed by atoms with Crippen LogP contribution < -0.4 is 5.32 Å². The number of amides is 1. The molecule has 0 radical (unpaired) electrons. The summed E-state index contributed by atoms with van der Waals surface area (Å²) < 4.78 is 18.6. The Morgan fingerprint density at radius 1 is 1.28 bits per heavy atom. The van der Waals surface area contributed by atoms with Gasteiger partial charge in [-0.3, -0.25) is 4.99 Å². The molecule has 0 fully saturated rings. The number of hydrogen-bond acceptors (Lipinski definition) is 3. The van der Waals surface area contributed by atoms with E-state index in [4.69, 9.17) is 4.74 Å². The number of aliphatic imine (C=N–C) groups is 1. The normalized spacial score (nSPS) is 11.9. The molecule has 0 aromatic heterocycles. The van der Waals surface area contributed by atoms with Crippen LogP contribution in [0.25, 0.3) is 0 Å². The van der Waals surface area contributed by atoms with E-state index in [0.717, 1.165) is 5.56 Å². The van der Waals surface area contributed by atoms with Gasteiger partial charge in [-0.15, -0.1) is 0 Å². The number of benzene rings is 1. The van der Waals surface area contributed by atoms with Crippen LogP contribution in [-0.2, 0) is 11.3 Å². The van der Waals surface area contributed by atoms with E-state index in [9.17, 15) is 9.18 Å². The standard InChI is InChI=1S/C18H29FN4O2/c1-18(2,3)25-17(24)22(5)11-10-21-16(20-4)23(6)13-14-8-7-9-15(19)12-14/h7-9,12H,10-11,13H2,1-6H3,(H,20,21). The molecular formula is C18H29FN4O2. The summed E-state index contributed by atoms with van der Waals surface area (Å²) in [4.78, 5) is 19.5. The Bertz CT molecular complexity index is 599. The van der Waals surface area contributed by atoms with E-state index in [1.165, 1.54) is 17.0 Å². The predicted molar refractivity (Wildman–Crippen MR) is 98.1 cm³/mol. The van der Waals surface area contributed by atoms with E-state index in [1.807, 2.05) is 38.8 Å². The Balaban J connectivity index is 2.47. The molecule has 0 atom stereocenters. The van der Waals surface area contributed by atoms with E-state index in [-0.39, 0.29) is 11.9 Å². The summed E-state index contributed by atoms with van der Waals surface area (Å²) in [6.45, 7) is 7.03. The van der Waals surface area contributed by atoms with Gasteiger partial charge in [0.15, 0.2) is 5.96 Å². The first-order chi connectivity index (χ1) is 11.6. The number of guanidine groups is 1. The molecule has 0 spiro atoms. The predicted octanol–water partition coefficient (Wildman–Crippen LogP) is 2.70. The first kappa shape index (κ1) is 20.7. The highest BCUT2D eigenvalue weighted by Gasteiger charge is 2.19. The average molecular weight is 352 g/mol. The minimum atomic E-state index is -0.514. The highest BCUT2D eigenvalue weighted by atomic mass is 19.1. The van der Waals surface area contributed by atoms with Crippen LogP contribution in [0.15, 0.2) is 29.3 Å². The monoisotopic (exact) mass is 352 g/mol. The van der Waals surface area contributed by atoms with Crippen molar-refractivity contribution in [3.05, 3.63) is 35.6 Å².